The number of amides is 1. The van der Waals surface area contributed by atoms with Crippen LogP contribution in [0.4, 0.5) is 13.2 Å². The Morgan fingerprint density at radius 3 is 2.39 bits per heavy atom. The van der Waals surface area contributed by atoms with Gasteiger partial charge in [-0.1, -0.05) is 0 Å². The number of alkyl halides is 3. The van der Waals surface area contributed by atoms with Crippen LogP contribution in [0.2, 0.25) is 0 Å². The molecule has 1 amide bonds. The van der Waals surface area contributed by atoms with E-state index in [-0.39, 0.29) is 18.2 Å². The first-order chi connectivity index (χ1) is 10.5. The second-order valence-electron chi connectivity index (χ2n) is 6.04. The first kappa shape index (κ1) is 17.3. The zero-order valence-corrected chi connectivity index (χ0v) is 13.0. The van der Waals surface area contributed by atoms with Crippen molar-refractivity contribution in [3.63, 3.8) is 0 Å². The summed E-state index contributed by atoms with van der Waals surface area (Å²) < 4.78 is 41.1. The van der Waals surface area contributed by atoms with Gasteiger partial charge in [0.05, 0.1) is 11.8 Å². The number of nitrogens with zero attached hydrogens (tertiary/aromatic N) is 3. The number of carboxylic acid groups (broad SMARTS) is 1. The highest BCUT2D eigenvalue weighted by Crippen LogP contribution is 2.46. The lowest BCUT2D eigenvalue weighted by molar-refractivity contribution is -0.227. The molecule has 0 unspecified atom stereocenters. The number of aliphatic carboxylic acids is 1. The van der Waals surface area contributed by atoms with Crippen molar-refractivity contribution in [3.8, 4) is 0 Å². The fraction of sp³-hybridized carbons (Fsp3) is 0.643. The van der Waals surface area contributed by atoms with E-state index < -0.39 is 36.4 Å². The van der Waals surface area contributed by atoms with E-state index in [2.05, 4.69) is 5.10 Å². The summed E-state index contributed by atoms with van der Waals surface area (Å²) in [7, 11) is 0. The molecular formula is C14H18F3N3O3. The van der Waals surface area contributed by atoms with Crippen LogP contribution in [0.15, 0.2) is 6.20 Å². The van der Waals surface area contributed by atoms with E-state index in [9.17, 15) is 22.8 Å². The lowest BCUT2D eigenvalue weighted by Gasteiger charge is -2.27. The van der Waals surface area contributed by atoms with Crippen molar-refractivity contribution in [1.82, 2.24) is 14.7 Å². The first-order valence-corrected chi connectivity index (χ1v) is 7.15. The lowest BCUT2D eigenvalue weighted by Crippen LogP contribution is -2.47. The normalized spacial score (nSPS) is 22.0. The van der Waals surface area contributed by atoms with Crippen molar-refractivity contribution in [2.75, 3.05) is 13.1 Å². The molecule has 0 saturated carbocycles. The standard InChI is InChI=1S/C14H18F3N3O3/c1-8(2)20-9(3)10(6-18-20)11(21)19-5-4-13(7-19,12(22)23)14(15,16)17/h6,8H,4-5,7H2,1-3H3,(H,22,23)/t13-/m1/s1. The molecule has 1 saturated heterocycles. The molecule has 2 heterocycles. The predicted octanol–water partition coefficient (Wildman–Crippen LogP) is 2.25. The summed E-state index contributed by atoms with van der Waals surface area (Å²) >= 11 is 0. The van der Waals surface area contributed by atoms with Crippen molar-refractivity contribution in [2.24, 2.45) is 5.41 Å². The minimum Gasteiger partial charge on any atom is -0.481 e. The van der Waals surface area contributed by atoms with Gasteiger partial charge in [-0.2, -0.15) is 18.3 Å². The molecule has 1 aliphatic rings. The predicted molar refractivity (Wildman–Crippen MR) is 74.0 cm³/mol. The topological polar surface area (TPSA) is 75.4 Å². The third kappa shape index (κ3) is 2.68. The number of hydrogen-bond donors (Lipinski definition) is 1. The molecule has 0 radical (unpaired) electrons. The first-order valence-electron chi connectivity index (χ1n) is 7.15. The molecule has 1 aromatic rings. The lowest BCUT2D eigenvalue weighted by atomic mass is 9.86. The van der Waals surface area contributed by atoms with Crippen molar-refractivity contribution in [1.29, 1.82) is 0 Å². The van der Waals surface area contributed by atoms with Gasteiger partial charge in [0.15, 0.2) is 5.41 Å². The van der Waals surface area contributed by atoms with E-state index in [1.54, 1.807) is 11.6 Å². The van der Waals surface area contributed by atoms with Crippen LogP contribution in [0, 0.1) is 12.3 Å². The minimum absolute atomic E-state index is 0.00316. The number of likely N-dealkylation sites (tertiary alicyclic amines) is 1. The van der Waals surface area contributed by atoms with Crippen LogP contribution in [0.3, 0.4) is 0 Å². The van der Waals surface area contributed by atoms with E-state index in [1.807, 2.05) is 13.8 Å². The molecule has 1 N–H and O–H groups in total. The second-order valence-corrected chi connectivity index (χ2v) is 6.04. The van der Waals surface area contributed by atoms with Crippen molar-refractivity contribution in [3.05, 3.63) is 17.5 Å². The summed E-state index contributed by atoms with van der Waals surface area (Å²) in [4.78, 5) is 24.6. The summed E-state index contributed by atoms with van der Waals surface area (Å²) in [6, 6.07) is 0.00316. The van der Waals surface area contributed by atoms with Crippen molar-refractivity contribution in [2.45, 2.75) is 39.4 Å². The van der Waals surface area contributed by atoms with Gasteiger partial charge in [0.1, 0.15) is 0 Å². The zero-order valence-electron chi connectivity index (χ0n) is 13.0. The highest BCUT2D eigenvalue weighted by Gasteiger charge is 2.64. The number of rotatable bonds is 3. The molecule has 0 aliphatic carbocycles. The monoisotopic (exact) mass is 333 g/mol. The van der Waals surface area contributed by atoms with Crippen LogP contribution in [-0.2, 0) is 4.79 Å². The number of carboxylic acids is 1. The maximum Gasteiger partial charge on any atom is 0.406 e. The van der Waals surface area contributed by atoms with Crippen LogP contribution >= 0.6 is 0 Å². The Morgan fingerprint density at radius 2 is 2.00 bits per heavy atom. The molecule has 6 nitrogen and oxygen atoms in total. The highest BCUT2D eigenvalue weighted by molar-refractivity contribution is 5.96. The van der Waals surface area contributed by atoms with Gasteiger partial charge in [0, 0.05) is 24.8 Å². The number of carbonyl (C=O) groups excluding carboxylic acids is 1. The fourth-order valence-electron chi connectivity index (χ4n) is 2.83. The molecule has 2 rings (SSSR count). The summed E-state index contributed by atoms with van der Waals surface area (Å²) in [5.41, 5.74) is -2.16. The Labute approximate surface area is 130 Å². The number of carbonyl (C=O) groups is 2. The summed E-state index contributed by atoms with van der Waals surface area (Å²) in [5.74, 6) is -2.57. The van der Waals surface area contributed by atoms with Crippen LogP contribution < -0.4 is 0 Å². The smallest absolute Gasteiger partial charge is 0.406 e. The SMILES string of the molecule is Cc1c(C(=O)N2CC[C@@](C(=O)O)(C(F)(F)F)C2)cnn1C(C)C. The Hall–Kier alpha value is -2.06. The van der Waals surface area contributed by atoms with Crippen LogP contribution in [-0.4, -0.2) is 50.9 Å². The van der Waals surface area contributed by atoms with E-state index in [0.717, 1.165) is 4.90 Å². The second kappa shape index (κ2) is 5.54. The molecule has 9 heteroatoms. The number of aromatic nitrogens is 2. The average molecular weight is 333 g/mol. The maximum atomic E-state index is 13.2. The van der Waals surface area contributed by atoms with Gasteiger partial charge in [0.2, 0.25) is 0 Å². The molecule has 23 heavy (non-hydrogen) atoms. The number of hydrogen-bond acceptors (Lipinski definition) is 3. The Kier molecular flexibility index (Phi) is 4.16. The molecule has 0 bridgehead atoms. The van der Waals surface area contributed by atoms with Gasteiger partial charge in [-0.15, -0.1) is 0 Å². The molecular weight excluding hydrogens is 315 g/mol. The van der Waals surface area contributed by atoms with E-state index >= 15 is 0 Å². The summed E-state index contributed by atoms with van der Waals surface area (Å²) in [5, 5.41) is 13.1. The van der Waals surface area contributed by atoms with Gasteiger partial charge in [-0.3, -0.25) is 14.3 Å². The van der Waals surface area contributed by atoms with E-state index in [4.69, 9.17) is 5.11 Å². The van der Waals surface area contributed by atoms with Gasteiger partial charge >= 0.3 is 12.1 Å². The maximum absolute atomic E-state index is 13.2. The van der Waals surface area contributed by atoms with Crippen molar-refractivity contribution >= 4 is 11.9 Å². The molecule has 1 atom stereocenters. The Balaban J connectivity index is 2.28. The minimum atomic E-state index is -4.91. The van der Waals surface area contributed by atoms with Crippen LogP contribution in [0.1, 0.15) is 42.4 Å². The van der Waals surface area contributed by atoms with E-state index in [0.29, 0.717) is 5.69 Å². The third-order valence-corrected chi connectivity index (χ3v) is 4.27. The fourth-order valence-corrected chi connectivity index (χ4v) is 2.83. The van der Waals surface area contributed by atoms with E-state index in [1.165, 1.54) is 6.20 Å². The third-order valence-electron chi connectivity index (χ3n) is 4.27. The van der Waals surface area contributed by atoms with Gasteiger partial charge in [-0.05, 0) is 27.2 Å². The molecule has 1 aliphatic heterocycles. The molecule has 0 spiro atoms. The summed E-state index contributed by atoms with van der Waals surface area (Å²) in [6.45, 7) is 4.25. The van der Waals surface area contributed by atoms with Crippen LogP contribution in [0.5, 0.6) is 0 Å². The van der Waals surface area contributed by atoms with Gasteiger partial charge in [0.25, 0.3) is 5.91 Å². The average Bonchev–Trinajstić information content (AvgIpc) is 3.01. The van der Waals surface area contributed by atoms with Gasteiger partial charge in [-0.25, -0.2) is 0 Å². The van der Waals surface area contributed by atoms with Crippen LogP contribution in [0.25, 0.3) is 0 Å². The molecule has 0 aromatic carbocycles. The summed E-state index contributed by atoms with van der Waals surface area (Å²) in [6.07, 6.45) is -4.24. The molecule has 1 aromatic heterocycles. The van der Waals surface area contributed by atoms with Gasteiger partial charge < -0.3 is 10.0 Å². The van der Waals surface area contributed by atoms with Crippen molar-refractivity contribution < 1.29 is 27.9 Å². The molecule has 1 fully saturated rings. The Bertz CT molecular complexity index is 639. The molecule has 128 valence electrons. The number of halogens is 3. The Morgan fingerprint density at radius 1 is 1.39 bits per heavy atom. The largest absolute Gasteiger partial charge is 0.481 e. The quantitative estimate of drug-likeness (QED) is 0.920. The zero-order chi connectivity index (χ0) is 17.6. The highest BCUT2D eigenvalue weighted by atomic mass is 19.4.